The van der Waals surface area contributed by atoms with Crippen LogP contribution in [0.3, 0.4) is 0 Å². The zero-order chi connectivity index (χ0) is 15.3. The van der Waals surface area contributed by atoms with E-state index >= 15 is 0 Å². The molecular weight excluding hydrogens is 268 g/mol. The fourth-order valence-electron chi connectivity index (χ4n) is 2.02. The van der Waals surface area contributed by atoms with Gasteiger partial charge in [-0.1, -0.05) is 36.8 Å². The van der Waals surface area contributed by atoms with Crippen LogP contribution in [0.1, 0.15) is 44.9 Å². The van der Waals surface area contributed by atoms with E-state index in [1.54, 1.807) is 5.48 Å². The molecule has 0 heterocycles. The first-order chi connectivity index (χ1) is 10.2. The van der Waals surface area contributed by atoms with Crippen molar-refractivity contribution in [3.8, 4) is 0 Å². The van der Waals surface area contributed by atoms with Crippen LogP contribution in [-0.4, -0.2) is 23.6 Å². The van der Waals surface area contributed by atoms with Gasteiger partial charge in [0.2, 0.25) is 11.8 Å². The summed E-state index contributed by atoms with van der Waals surface area (Å²) < 4.78 is 0. The second kappa shape index (κ2) is 10.9. The van der Waals surface area contributed by atoms with Crippen LogP contribution in [0.15, 0.2) is 36.0 Å². The van der Waals surface area contributed by atoms with Gasteiger partial charge in [0.05, 0.1) is 0 Å². The summed E-state index contributed by atoms with van der Waals surface area (Å²) in [6, 6.07) is 0. The molecule has 0 saturated heterocycles. The van der Waals surface area contributed by atoms with Crippen LogP contribution in [0.2, 0.25) is 0 Å². The molecule has 21 heavy (non-hydrogen) atoms. The van der Waals surface area contributed by atoms with Gasteiger partial charge in [-0.15, -0.1) is 0 Å². The Kier molecular flexibility index (Phi) is 8.88. The zero-order valence-corrected chi connectivity index (χ0v) is 12.3. The molecule has 1 aliphatic rings. The SMILES string of the molecule is O=C(CCCCCNC(=O)C/C=C/C1=CC=CCC1)NO. The standard InChI is InChI=1S/C16H24N2O3/c19-15(12-7-10-14-8-3-1-4-9-14)17-13-6-2-5-11-16(20)18-21/h1,3,7-8,10,21H,2,4-6,9,11-13H2,(H,17,19)(H,18,20)/b10-7+. The van der Waals surface area contributed by atoms with E-state index in [-0.39, 0.29) is 11.8 Å². The minimum Gasteiger partial charge on any atom is -0.356 e. The molecule has 0 fully saturated rings. The zero-order valence-electron chi connectivity index (χ0n) is 12.3. The summed E-state index contributed by atoms with van der Waals surface area (Å²) in [4.78, 5) is 22.3. The van der Waals surface area contributed by atoms with E-state index in [0.29, 0.717) is 25.8 Å². The maximum atomic E-state index is 11.6. The highest BCUT2D eigenvalue weighted by molar-refractivity contribution is 5.77. The molecule has 116 valence electrons. The quantitative estimate of drug-likeness (QED) is 0.347. The Morgan fingerprint density at radius 3 is 2.81 bits per heavy atom. The summed E-state index contributed by atoms with van der Waals surface area (Å²) in [5.74, 6) is -0.345. The number of rotatable bonds is 9. The molecule has 0 saturated carbocycles. The van der Waals surface area contributed by atoms with E-state index in [1.165, 1.54) is 5.57 Å². The number of carbonyl (C=O) groups excluding carboxylic acids is 2. The molecule has 5 heteroatoms. The second-order valence-corrected chi connectivity index (χ2v) is 5.01. The average Bonchev–Trinajstić information content (AvgIpc) is 2.51. The number of allylic oxidation sites excluding steroid dienone is 5. The smallest absolute Gasteiger partial charge is 0.243 e. The van der Waals surface area contributed by atoms with Crippen molar-refractivity contribution in [2.24, 2.45) is 0 Å². The van der Waals surface area contributed by atoms with E-state index in [4.69, 9.17) is 5.21 Å². The Morgan fingerprint density at radius 2 is 2.10 bits per heavy atom. The van der Waals surface area contributed by atoms with Crippen molar-refractivity contribution in [2.75, 3.05) is 6.54 Å². The number of carbonyl (C=O) groups is 2. The van der Waals surface area contributed by atoms with Gasteiger partial charge in [0.25, 0.3) is 0 Å². The summed E-state index contributed by atoms with van der Waals surface area (Å²) in [6.07, 6.45) is 15.4. The molecule has 0 radical (unpaired) electrons. The van der Waals surface area contributed by atoms with Gasteiger partial charge in [-0.2, -0.15) is 0 Å². The van der Waals surface area contributed by atoms with Crippen LogP contribution in [-0.2, 0) is 9.59 Å². The number of amides is 2. The van der Waals surface area contributed by atoms with Crippen LogP contribution in [0.5, 0.6) is 0 Å². The lowest BCUT2D eigenvalue weighted by Crippen LogP contribution is -2.23. The Bertz CT molecular complexity index is 425. The van der Waals surface area contributed by atoms with E-state index < -0.39 is 0 Å². The van der Waals surface area contributed by atoms with E-state index in [0.717, 1.165) is 25.7 Å². The highest BCUT2D eigenvalue weighted by Crippen LogP contribution is 2.12. The van der Waals surface area contributed by atoms with E-state index in [2.05, 4.69) is 17.5 Å². The lowest BCUT2D eigenvalue weighted by molar-refractivity contribution is -0.129. The van der Waals surface area contributed by atoms with Crippen LogP contribution in [0, 0.1) is 0 Å². The topological polar surface area (TPSA) is 78.4 Å². The minimum absolute atomic E-state index is 0.0197. The molecule has 0 aliphatic heterocycles. The molecule has 0 atom stereocenters. The first kappa shape index (κ1) is 17.2. The summed E-state index contributed by atoms with van der Waals surface area (Å²) in [5.41, 5.74) is 2.86. The van der Waals surface area contributed by atoms with Crippen LogP contribution >= 0.6 is 0 Å². The Labute approximate surface area is 125 Å². The molecule has 1 rings (SSSR count). The fourth-order valence-corrected chi connectivity index (χ4v) is 2.02. The predicted molar refractivity (Wildman–Crippen MR) is 81.6 cm³/mol. The van der Waals surface area contributed by atoms with E-state index in [9.17, 15) is 9.59 Å². The Balaban J connectivity index is 2.01. The molecule has 0 aromatic heterocycles. The van der Waals surface area contributed by atoms with Crippen molar-refractivity contribution in [3.63, 3.8) is 0 Å². The summed E-state index contributed by atoms with van der Waals surface area (Å²) >= 11 is 0. The van der Waals surface area contributed by atoms with Gasteiger partial charge < -0.3 is 5.32 Å². The number of hydrogen-bond acceptors (Lipinski definition) is 3. The van der Waals surface area contributed by atoms with Crippen molar-refractivity contribution in [1.82, 2.24) is 10.8 Å². The first-order valence-corrected chi connectivity index (χ1v) is 7.44. The molecule has 1 aliphatic carbocycles. The third-order valence-corrected chi connectivity index (χ3v) is 3.21. The monoisotopic (exact) mass is 292 g/mol. The van der Waals surface area contributed by atoms with Crippen molar-refractivity contribution in [1.29, 1.82) is 0 Å². The molecular formula is C16H24N2O3. The highest BCUT2D eigenvalue weighted by atomic mass is 16.5. The van der Waals surface area contributed by atoms with Gasteiger partial charge in [-0.05, 0) is 31.3 Å². The molecule has 2 amide bonds. The van der Waals surface area contributed by atoms with Gasteiger partial charge in [0.15, 0.2) is 0 Å². The molecule has 0 aromatic carbocycles. The van der Waals surface area contributed by atoms with Gasteiger partial charge in [-0.25, -0.2) is 5.48 Å². The third kappa shape index (κ3) is 8.81. The van der Waals surface area contributed by atoms with Gasteiger partial charge in [0, 0.05) is 19.4 Å². The van der Waals surface area contributed by atoms with Crippen molar-refractivity contribution in [3.05, 3.63) is 36.0 Å². The van der Waals surface area contributed by atoms with Crippen LogP contribution in [0.25, 0.3) is 0 Å². The number of hydrogen-bond donors (Lipinski definition) is 3. The lowest BCUT2D eigenvalue weighted by Gasteiger charge is -2.04. The molecule has 0 unspecified atom stereocenters. The summed E-state index contributed by atoms with van der Waals surface area (Å²) in [6.45, 7) is 0.624. The van der Waals surface area contributed by atoms with Crippen LogP contribution < -0.4 is 10.8 Å². The predicted octanol–water partition coefficient (Wildman–Crippen LogP) is 2.39. The van der Waals surface area contributed by atoms with Crippen molar-refractivity contribution >= 4 is 11.8 Å². The molecule has 0 spiro atoms. The van der Waals surface area contributed by atoms with Gasteiger partial charge in [-0.3, -0.25) is 14.8 Å². The third-order valence-electron chi connectivity index (χ3n) is 3.21. The normalized spacial score (nSPS) is 14.0. The summed E-state index contributed by atoms with van der Waals surface area (Å²) in [5, 5.41) is 11.2. The average molecular weight is 292 g/mol. The first-order valence-electron chi connectivity index (χ1n) is 7.44. The number of nitrogens with one attached hydrogen (secondary N) is 2. The van der Waals surface area contributed by atoms with E-state index in [1.807, 2.05) is 18.2 Å². The van der Waals surface area contributed by atoms with Crippen LogP contribution in [0.4, 0.5) is 0 Å². The summed E-state index contributed by atoms with van der Waals surface area (Å²) in [7, 11) is 0. The molecule has 0 aromatic rings. The fraction of sp³-hybridized carbons (Fsp3) is 0.500. The minimum atomic E-state index is -0.365. The van der Waals surface area contributed by atoms with Crippen molar-refractivity contribution in [2.45, 2.75) is 44.9 Å². The molecule has 3 N–H and O–H groups in total. The second-order valence-electron chi connectivity index (χ2n) is 5.01. The van der Waals surface area contributed by atoms with Crippen molar-refractivity contribution < 1.29 is 14.8 Å². The number of hydroxylamine groups is 1. The Hall–Kier alpha value is -1.88. The maximum Gasteiger partial charge on any atom is 0.243 e. The maximum absolute atomic E-state index is 11.6. The van der Waals surface area contributed by atoms with Gasteiger partial charge >= 0.3 is 0 Å². The Morgan fingerprint density at radius 1 is 1.24 bits per heavy atom. The highest BCUT2D eigenvalue weighted by Gasteiger charge is 2.00. The van der Waals surface area contributed by atoms with Gasteiger partial charge in [0.1, 0.15) is 0 Å². The number of unbranched alkanes of at least 4 members (excludes halogenated alkanes) is 2. The molecule has 5 nitrogen and oxygen atoms in total. The largest absolute Gasteiger partial charge is 0.356 e. The molecule has 0 bridgehead atoms. The lowest BCUT2D eigenvalue weighted by atomic mass is 10.0.